The van der Waals surface area contributed by atoms with Crippen LogP contribution in [-0.4, -0.2) is 194 Å². The summed E-state index contributed by atoms with van der Waals surface area (Å²) in [6.07, 6.45) is -14.3. The number of ether oxygens (including phenoxy) is 7. The predicted octanol–water partition coefficient (Wildman–Crippen LogP) is 2.33. The number of rotatable bonds is 17. The van der Waals surface area contributed by atoms with Crippen molar-refractivity contribution >= 4 is 70.5 Å². The van der Waals surface area contributed by atoms with Crippen molar-refractivity contribution in [1.82, 2.24) is 47.9 Å². The number of halogens is 2. The highest BCUT2D eigenvalue weighted by molar-refractivity contribution is 6.32. The van der Waals surface area contributed by atoms with Gasteiger partial charge in [0, 0.05) is 42.2 Å². The molecular formula is C79H95Cl2N11O23. The highest BCUT2D eigenvalue weighted by atomic mass is 35.5. The molecule has 21 N–H and O–H groups in total. The van der Waals surface area contributed by atoms with Crippen molar-refractivity contribution in [3.05, 3.63) is 129 Å². The zero-order valence-electron chi connectivity index (χ0n) is 63.5. The van der Waals surface area contributed by atoms with Crippen LogP contribution in [-0.2, 0) is 52.6 Å². The third-order valence-electron chi connectivity index (χ3n) is 22.8. The lowest BCUT2D eigenvalue weighted by molar-refractivity contribution is -0.277. The molecule has 115 heavy (non-hydrogen) atoms. The fraction of sp³-hybridized carbons (Fsp3) is 0.494. The lowest BCUT2D eigenvalue weighted by Crippen LogP contribution is -2.61. The molecule has 5 aromatic rings. The second-order valence-electron chi connectivity index (χ2n) is 31.6. The lowest BCUT2D eigenvalue weighted by Gasteiger charge is -2.54. The second kappa shape index (κ2) is 33.9. The maximum atomic E-state index is 16.6. The molecule has 34 nitrogen and oxygen atoms in total. The molecule has 0 aromatic heterocycles. The molecule has 36 heteroatoms. The van der Waals surface area contributed by atoms with Crippen molar-refractivity contribution in [2.75, 3.05) is 20.7 Å². The molecule has 6 fully saturated rings. The summed E-state index contributed by atoms with van der Waals surface area (Å²) >= 11 is 14.5. The molecule has 618 valence electrons. The minimum Gasteiger partial charge on any atom is -0.507 e. The summed E-state index contributed by atoms with van der Waals surface area (Å²) in [7, 11) is 3.00. The van der Waals surface area contributed by atoms with Gasteiger partial charge < -0.3 is 133 Å². The van der Waals surface area contributed by atoms with Crippen LogP contribution < -0.4 is 78.3 Å². The van der Waals surface area contributed by atoms with Gasteiger partial charge in [-0.05, 0) is 178 Å². The van der Waals surface area contributed by atoms with E-state index in [9.17, 15) is 50.4 Å². The van der Waals surface area contributed by atoms with Gasteiger partial charge in [0.2, 0.25) is 59.3 Å². The van der Waals surface area contributed by atoms with Crippen molar-refractivity contribution in [2.24, 2.45) is 41.1 Å². The molecule has 9 unspecified atom stereocenters. The van der Waals surface area contributed by atoms with E-state index in [0.717, 1.165) is 62.4 Å². The van der Waals surface area contributed by atoms with Crippen molar-refractivity contribution < 1.29 is 112 Å². The summed E-state index contributed by atoms with van der Waals surface area (Å²) in [6.45, 7) is 9.66. The third kappa shape index (κ3) is 17.4. The Morgan fingerprint density at radius 3 is 1.92 bits per heavy atom. The van der Waals surface area contributed by atoms with E-state index >= 15 is 28.8 Å². The van der Waals surface area contributed by atoms with Gasteiger partial charge in [-0.2, -0.15) is 0 Å². The summed E-state index contributed by atoms with van der Waals surface area (Å²) in [5.41, 5.74) is 9.43. The molecule has 8 amide bonds. The summed E-state index contributed by atoms with van der Waals surface area (Å²) < 4.78 is 44.9. The molecule has 2 saturated heterocycles. The summed E-state index contributed by atoms with van der Waals surface area (Å²) in [4.78, 5) is 124. The van der Waals surface area contributed by atoms with E-state index in [-0.39, 0.29) is 97.2 Å². The minimum atomic E-state index is -2.33. The van der Waals surface area contributed by atoms with E-state index in [4.69, 9.17) is 67.8 Å². The van der Waals surface area contributed by atoms with Crippen molar-refractivity contribution in [1.29, 1.82) is 0 Å². The Hall–Kier alpha value is -9.66. The highest BCUT2D eigenvalue weighted by Gasteiger charge is 2.52. The van der Waals surface area contributed by atoms with E-state index in [1.807, 2.05) is 13.8 Å². The summed E-state index contributed by atoms with van der Waals surface area (Å²) in [5.74, 6) is -12.4. The van der Waals surface area contributed by atoms with Gasteiger partial charge in [-0.25, -0.2) is 0 Å². The standard InChI is InChI=1S/C79H95Cl2N11O23/c1-30(2)14-46(85-7)71(102)91-62-64(97)36-9-12-50(44(80)21-36)111-52-23-40-24-53(69(52)115-78-67(100)66(99)65(98)54(29-93)113-78)112-51-13-10-37(22-45(51)81)68(114-56-28-79(5,83)70(101)31(3)109-56)63-77(108)90-61(75(106)87-58-38-16-33-15-34(18-38)19-39(58)17-33)43-25-41(110-32(4)84-6)26-49(95)57(43)42-20-35(8-11-48(42)94)59(73(104)92-63)89-74(105)60(40)88-72(103)47(27-55(82)96)86-76(62)107/h8-13,20-26,30-31,33-34,38-39,46-47,54,56,58-68,70,78,84-85,93-95,97-101H,4,14-19,27-29,83H2,1-3,5-7H3,(H2,82,96)(H,86,107)(H,87,106)(H,88,103)(H,89,105)(H,90,108)(H,91,102)(H,92,104)/t31?,33?,34?,38?,39?,46-,47+,54?,56?,58?,59-,60-,61+,62-,63+,64-,65?,66?,67?,68-,70?,78?,79?/m1/s1. The van der Waals surface area contributed by atoms with E-state index in [2.05, 4.69) is 54.4 Å². The Balaban J connectivity index is 1.05. The molecule has 4 aliphatic carbocycles. The average molecular weight is 1640 g/mol. The van der Waals surface area contributed by atoms with Crippen LogP contribution in [0.3, 0.4) is 0 Å². The number of likely N-dealkylation sites (N-methyl/N-ethyl adjacent to an activating group) is 1. The van der Waals surface area contributed by atoms with E-state index < -0.39 is 210 Å². The van der Waals surface area contributed by atoms with Gasteiger partial charge >= 0.3 is 0 Å². The van der Waals surface area contributed by atoms with Crippen LogP contribution in [0.25, 0.3) is 11.1 Å². The van der Waals surface area contributed by atoms with Crippen LogP contribution in [0.1, 0.15) is 137 Å². The third-order valence-corrected chi connectivity index (χ3v) is 23.4. The van der Waals surface area contributed by atoms with Crippen molar-refractivity contribution in [3.8, 4) is 57.1 Å². The first-order chi connectivity index (χ1) is 54.6. The number of nitrogens with two attached hydrogens (primary N) is 2. The Morgan fingerprint density at radius 2 is 1.31 bits per heavy atom. The number of primary amides is 1. The van der Waals surface area contributed by atoms with Crippen LogP contribution in [0.2, 0.25) is 10.0 Å². The SMILES string of the molecule is C=C(NC)Oc1cc(O)c2c(c1)[C@@H](C(=O)NC1C3CC4CC(C3)CC1C4)NC(=O)[C@H]1NC(=O)[C@H](NC(=O)[C@@H]3NC(=O)[C@H](CC(N)=O)NC(=O)[C@H](NC(=O)[C@@H](CC(C)C)NC)[C@H](O)c4ccc(c(Cl)c4)Oc4cc3cc(c4OC3OC(CO)C(O)C(O)C3O)Oc3ccc(cc3Cl)[C@H]1OC1CC(C)(N)C(O)C(C)O1)c1ccc(O)c-2c1. The van der Waals surface area contributed by atoms with Crippen molar-refractivity contribution in [2.45, 2.75) is 194 Å². The summed E-state index contributed by atoms with van der Waals surface area (Å²) in [6, 6.07) is 1.50. The monoisotopic (exact) mass is 1640 g/mol. The number of aliphatic hydroxyl groups excluding tert-OH is 6. The van der Waals surface area contributed by atoms with Crippen LogP contribution in [0.5, 0.6) is 46.0 Å². The molecule has 18 atom stereocenters. The number of benzene rings is 5. The molecule has 5 aromatic carbocycles. The number of hydrogen-bond donors (Lipinski definition) is 19. The zero-order chi connectivity index (χ0) is 82.7. The molecule has 7 heterocycles. The number of fused-ring (bicyclic) bond motifs is 15. The van der Waals surface area contributed by atoms with Gasteiger partial charge in [0.1, 0.15) is 102 Å². The number of aliphatic hydroxyl groups is 6. The number of aromatic hydroxyl groups is 2. The van der Waals surface area contributed by atoms with Gasteiger partial charge in [-0.15, -0.1) is 0 Å². The highest BCUT2D eigenvalue weighted by Crippen LogP contribution is 2.55. The Labute approximate surface area is 669 Å². The number of hydrogen-bond acceptors (Lipinski definition) is 26. The molecule has 16 rings (SSSR count). The van der Waals surface area contributed by atoms with Gasteiger partial charge in [0.25, 0.3) is 0 Å². The van der Waals surface area contributed by atoms with Crippen molar-refractivity contribution in [3.63, 3.8) is 0 Å². The predicted molar refractivity (Wildman–Crippen MR) is 408 cm³/mol. The Bertz CT molecular complexity index is 4600. The number of carbonyl (C=O) groups is 8. The quantitative estimate of drug-likeness (QED) is 0.0594. The molecular weight excluding hydrogens is 1540 g/mol. The first-order valence-electron chi connectivity index (χ1n) is 38.0. The molecule has 0 spiro atoms. The largest absolute Gasteiger partial charge is 0.507 e. The van der Waals surface area contributed by atoms with Crippen LogP contribution >= 0.6 is 23.2 Å². The number of amides is 8. The van der Waals surface area contributed by atoms with E-state index in [0.29, 0.717) is 11.8 Å². The fourth-order valence-electron chi connectivity index (χ4n) is 17.2. The summed E-state index contributed by atoms with van der Waals surface area (Å²) in [5, 5.41) is 117. The lowest BCUT2D eigenvalue weighted by atomic mass is 9.54. The first-order valence-corrected chi connectivity index (χ1v) is 38.7. The Morgan fingerprint density at radius 1 is 0.696 bits per heavy atom. The number of phenolic OH excluding ortho intramolecular Hbond substituents is 2. The zero-order valence-corrected chi connectivity index (χ0v) is 65.0. The van der Waals surface area contributed by atoms with Gasteiger partial charge in [-0.1, -0.05) is 55.2 Å². The number of phenols is 2. The maximum Gasteiger partial charge on any atom is 0.248 e. The smallest absolute Gasteiger partial charge is 0.248 e. The van der Waals surface area contributed by atoms with E-state index in [1.165, 1.54) is 76.5 Å². The van der Waals surface area contributed by atoms with Crippen LogP contribution in [0.15, 0.2) is 91.3 Å². The first kappa shape index (κ1) is 83.3. The molecule has 11 aliphatic rings. The number of nitrogens with one attached hydrogen (secondary N) is 9. The fourth-order valence-corrected chi connectivity index (χ4v) is 17.6. The van der Waals surface area contributed by atoms with Gasteiger partial charge in [-0.3, -0.25) is 38.4 Å². The molecule has 15 bridgehead atoms. The van der Waals surface area contributed by atoms with Gasteiger partial charge in [0.15, 0.2) is 23.7 Å². The molecule has 4 saturated carbocycles. The van der Waals surface area contributed by atoms with Crippen LogP contribution in [0.4, 0.5) is 0 Å². The molecule has 0 radical (unpaired) electrons. The average Bonchev–Trinajstić information content (AvgIpc) is 0.738. The maximum absolute atomic E-state index is 16.6. The minimum absolute atomic E-state index is 0.0366. The second-order valence-corrected chi connectivity index (χ2v) is 32.4. The topological polar surface area (TPSA) is 523 Å². The van der Waals surface area contributed by atoms with Crippen LogP contribution in [0, 0.1) is 29.6 Å². The van der Waals surface area contributed by atoms with E-state index in [1.54, 1.807) is 0 Å². The normalized spacial score (nSPS) is 32.0. The number of carbonyl (C=O) groups excluding carboxylic acids is 8. The Kier molecular flexibility index (Phi) is 24.5. The van der Waals surface area contributed by atoms with Gasteiger partial charge in [0.05, 0.1) is 41.3 Å². The molecule has 7 aliphatic heterocycles.